The fourth-order valence-electron chi connectivity index (χ4n) is 1.69. The Bertz CT molecular complexity index is 501. The standard InChI is InChI=1S/C12H16N4OS/c1-3-8(9-5-4-6-18-9)16-11-10(13)12(17-2)15-7-14-11/h4-8H,3,13H2,1-2H3,(H,14,15,16). The summed E-state index contributed by atoms with van der Waals surface area (Å²) in [4.78, 5) is 9.38. The Hall–Kier alpha value is -1.82. The van der Waals surface area contributed by atoms with E-state index in [-0.39, 0.29) is 6.04 Å². The van der Waals surface area contributed by atoms with Gasteiger partial charge in [0.15, 0.2) is 5.82 Å². The van der Waals surface area contributed by atoms with E-state index in [2.05, 4.69) is 33.7 Å². The molecule has 1 unspecified atom stereocenters. The molecule has 2 rings (SSSR count). The SMILES string of the molecule is CCC(Nc1ncnc(OC)c1N)c1cccs1. The quantitative estimate of drug-likeness (QED) is 0.868. The third-order valence-corrected chi connectivity index (χ3v) is 3.63. The molecule has 96 valence electrons. The second-order valence-corrected chi connectivity index (χ2v) is 4.75. The average molecular weight is 264 g/mol. The van der Waals surface area contributed by atoms with E-state index in [0.717, 1.165) is 6.42 Å². The minimum atomic E-state index is 0.201. The highest BCUT2D eigenvalue weighted by molar-refractivity contribution is 7.10. The maximum Gasteiger partial charge on any atom is 0.242 e. The molecule has 0 aliphatic carbocycles. The molecule has 18 heavy (non-hydrogen) atoms. The lowest BCUT2D eigenvalue weighted by molar-refractivity contribution is 0.399. The molecular weight excluding hydrogens is 248 g/mol. The Morgan fingerprint density at radius 1 is 1.50 bits per heavy atom. The molecule has 0 spiro atoms. The molecule has 5 nitrogen and oxygen atoms in total. The van der Waals surface area contributed by atoms with Crippen LogP contribution >= 0.6 is 11.3 Å². The van der Waals surface area contributed by atoms with Crippen LogP contribution in [0.1, 0.15) is 24.3 Å². The lowest BCUT2D eigenvalue weighted by atomic mass is 10.2. The number of anilines is 2. The molecule has 2 aromatic heterocycles. The van der Waals surface area contributed by atoms with Crippen molar-refractivity contribution in [2.24, 2.45) is 0 Å². The number of rotatable bonds is 5. The highest BCUT2D eigenvalue weighted by Crippen LogP contribution is 2.30. The first-order valence-electron chi connectivity index (χ1n) is 5.70. The Morgan fingerprint density at radius 2 is 2.33 bits per heavy atom. The zero-order chi connectivity index (χ0) is 13.0. The summed E-state index contributed by atoms with van der Waals surface area (Å²) in [6.45, 7) is 2.12. The molecule has 0 saturated carbocycles. The largest absolute Gasteiger partial charge is 0.479 e. The van der Waals surface area contributed by atoms with Gasteiger partial charge in [-0.15, -0.1) is 11.3 Å². The van der Waals surface area contributed by atoms with Gasteiger partial charge in [-0.1, -0.05) is 13.0 Å². The minimum Gasteiger partial charge on any atom is -0.479 e. The number of ether oxygens (including phenoxy) is 1. The van der Waals surface area contributed by atoms with E-state index >= 15 is 0 Å². The van der Waals surface area contributed by atoms with Crippen molar-refractivity contribution in [3.63, 3.8) is 0 Å². The minimum absolute atomic E-state index is 0.201. The number of thiophene rings is 1. The molecule has 2 aromatic rings. The van der Waals surface area contributed by atoms with E-state index in [4.69, 9.17) is 10.5 Å². The first-order valence-corrected chi connectivity index (χ1v) is 6.58. The van der Waals surface area contributed by atoms with Crippen LogP contribution in [0.4, 0.5) is 11.5 Å². The van der Waals surface area contributed by atoms with Crippen LogP contribution in [0.15, 0.2) is 23.8 Å². The van der Waals surface area contributed by atoms with Gasteiger partial charge in [-0.25, -0.2) is 4.98 Å². The van der Waals surface area contributed by atoms with Crippen molar-refractivity contribution in [2.75, 3.05) is 18.2 Å². The van der Waals surface area contributed by atoms with Gasteiger partial charge in [-0.05, 0) is 17.9 Å². The Labute approximate surface area is 110 Å². The molecule has 0 bridgehead atoms. The number of nitrogens with zero attached hydrogens (tertiary/aromatic N) is 2. The number of nitrogen functional groups attached to an aromatic ring is 1. The van der Waals surface area contributed by atoms with E-state index in [1.165, 1.54) is 11.2 Å². The van der Waals surface area contributed by atoms with Crippen molar-refractivity contribution in [3.8, 4) is 5.88 Å². The summed E-state index contributed by atoms with van der Waals surface area (Å²) in [5.41, 5.74) is 6.38. The van der Waals surface area contributed by atoms with Crippen LogP contribution < -0.4 is 15.8 Å². The van der Waals surface area contributed by atoms with E-state index < -0.39 is 0 Å². The van der Waals surface area contributed by atoms with Crippen LogP contribution in [0.2, 0.25) is 0 Å². The number of hydrogen-bond acceptors (Lipinski definition) is 6. The molecule has 0 saturated heterocycles. The molecule has 0 amide bonds. The summed E-state index contributed by atoms with van der Waals surface area (Å²) >= 11 is 1.71. The van der Waals surface area contributed by atoms with Crippen molar-refractivity contribution >= 4 is 22.8 Å². The third-order valence-electron chi connectivity index (χ3n) is 2.65. The average Bonchev–Trinajstić information content (AvgIpc) is 2.91. The molecule has 0 aliphatic rings. The molecule has 0 radical (unpaired) electrons. The molecule has 3 N–H and O–H groups in total. The second kappa shape index (κ2) is 5.68. The molecule has 0 aromatic carbocycles. The summed E-state index contributed by atoms with van der Waals surface area (Å²) in [7, 11) is 1.54. The maximum atomic E-state index is 5.94. The van der Waals surface area contributed by atoms with Gasteiger partial charge in [0.05, 0.1) is 13.2 Å². The first kappa shape index (κ1) is 12.6. The number of aromatic nitrogens is 2. The summed E-state index contributed by atoms with van der Waals surface area (Å²) < 4.78 is 5.08. The third kappa shape index (κ3) is 2.53. The van der Waals surface area contributed by atoms with Crippen molar-refractivity contribution in [2.45, 2.75) is 19.4 Å². The predicted molar refractivity (Wildman–Crippen MR) is 74.0 cm³/mol. The number of nitrogens with two attached hydrogens (primary N) is 1. The van der Waals surface area contributed by atoms with Crippen LogP contribution in [0.25, 0.3) is 0 Å². The lowest BCUT2D eigenvalue weighted by Gasteiger charge is -2.17. The Balaban J connectivity index is 2.22. The van der Waals surface area contributed by atoms with Gasteiger partial charge in [0.25, 0.3) is 0 Å². The van der Waals surface area contributed by atoms with E-state index in [1.54, 1.807) is 18.4 Å². The number of nitrogens with one attached hydrogen (secondary N) is 1. The smallest absolute Gasteiger partial charge is 0.242 e. The normalized spacial score (nSPS) is 12.1. The monoisotopic (exact) mass is 264 g/mol. The zero-order valence-corrected chi connectivity index (χ0v) is 11.2. The topological polar surface area (TPSA) is 73.1 Å². The fourth-order valence-corrected chi connectivity index (χ4v) is 2.55. The van der Waals surface area contributed by atoms with Gasteiger partial charge in [0.1, 0.15) is 12.0 Å². The van der Waals surface area contributed by atoms with Gasteiger partial charge in [-0.2, -0.15) is 4.98 Å². The molecular formula is C12H16N4OS. The van der Waals surface area contributed by atoms with E-state index in [1.807, 2.05) is 6.07 Å². The maximum absolute atomic E-state index is 5.94. The van der Waals surface area contributed by atoms with Gasteiger partial charge in [0, 0.05) is 4.88 Å². The van der Waals surface area contributed by atoms with Gasteiger partial charge in [-0.3, -0.25) is 0 Å². The highest BCUT2D eigenvalue weighted by Gasteiger charge is 2.14. The molecule has 6 heteroatoms. The summed E-state index contributed by atoms with van der Waals surface area (Å²) in [6.07, 6.45) is 2.39. The van der Waals surface area contributed by atoms with Crippen molar-refractivity contribution in [1.29, 1.82) is 0 Å². The zero-order valence-electron chi connectivity index (χ0n) is 10.4. The summed E-state index contributed by atoms with van der Waals surface area (Å²) in [5, 5.41) is 5.39. The fraction of sp³-hybridized carbons (Fsp3) is 0.333. The van der Waals surface area contributed by atoms with Crippen LogP contribution in [0, 0.1) is 0 Å². The number of hydrogen-bond donors (Lipinski definition) is 2. The van der Waals surface area contributed by atoms with Crippen molar-refractivity contribution in [3.05, 3.63) is 28.7 Å². The second-order valence-electron chi connectivity index (χ2n) is 3.77. The summed E-state index contributed by atoms with van der Waals surface area (Å²) in [5.74, 6) is 1.01. The van der Waals surface area contributed by atoms with Crippen molar-refractivity contribution in [1.82, 2.24) is 9.97 Å². The van der Waals surface area contributed by atoms with Crippen molar-refractivity contribution < 1.29 is 4.74 Å². The molecule has 1 atom stereocenters. The molecule has 0 fully saturated rings. The van der Waals surface area contributed by atoms with Crippen LogP contribution in [0.5, 0.6) is 5.88 Å². The molecule has 0 aliphatic heterocycles. The van der Waals surface area contributed by atoms with Crippen LogP contribution in [-0.2, 0) is 0 Å². The van der Waals surface area contributed by atoms with E-state index in [0.29, 0.717) is 17.4 Å². The Kier molecular flexibility index (Phi) is 3.99. The summed E-state index contributed by atoms with van der Waals surface area (Å²) in [6, 6.07) is 4.33. The van der Waals surface area contributed by atoms with Crippen LogP contribution in [-0.4, -0.2) is 17.1 Å². The van der Waals surface area contributed by atoms with E-state index in [9.17, 15) is 0 Å². The Morgan fingerprint density at radius 3 is 2.94 bits per heavy atom. The van der Waals surface area contributed by atoms with Gasteiger partial charge < -0.3 is 15.8 Å². The van der Waals surface area contributed by atoms with Gasteiger partial charge in [0.2, 0.25) is 5.88 Å². The predicted octanol–water partition coefficient (Wildman–Crippen LogP) is 2.69. The van der Waals surface area contributed by atoms with Crippen LogP contribution in [0.3, 0.4) is 0 Å². The first-order chi connectivity index (χ1) is 8.76. The van der Waals surface area contributed by atoms with Gasteiger partial charge >= 0.3 is 0 Å². The molecule has 2 heterocycles. The lowest BCUT2D eigenvalue weighted by Crippen LogP contribution is -2.12. The highest BCUT2D eigenvalue weighted by atomic mass is 32.1. The number of methoxy groups -OCH3 is 1.